The van der Waals surface area contributed by atoms with Crippen molar-refractivity contribution in [2.75, 3.05) is 6.54 Å². The molecule has 2 rings (SSSR count). The number of piperidine rings is 1. The van der Waals surface area contributed by atoms with E-state index in [1.165, 1.54) is 4.90 Å². The van der Waals surface area contributed by atoms with Gasteiger partial charge in [-0.2, -0.15) is 0 Å². The van der Waals surface area contributed by atoms with Crippen LogP contribution in [0.5, 0.6) is 0 Å². The Hall–Kier alpha value is -1.26. The Morgan fingerprint density at radius 2 is 2.00 bits per heavy atom. The first-order valence-electron chi connectivity index (χ1n) is 5.52. The highest BCUT2D eigenvalue weighted by atomic mass is 16.6. The Labute approximate surface area is 94.4 Å². The maximum atomic E-state index is 11.8. The molecule has 1 heterocycles. The minimum Gasteiger partial charge on any atom is -0.480 e. The van der Waals surface area contributed by atoms with E-state index in [2.05, 4.69) is 0 Å². The standard InChI is InChI=1S/C11H17NO4/c1-11(2,3)16-10(15)12-5-6-4-7(6)8(12)9(13)14/h6-8H,4-5H2,1-3H3,(H,13,14)/t6-,7-,8?/m1/s1. The number of hydrogen-bond acceptors (Lipinski definition) is 3. The number of likely N-dealkylation sites (tertiary alicyclic amines) is 1. The number of fused-ring (bicyclic) bond motifs is 1. The molecule has 0 aromatic rings. The molecule has 90 valence electrons. The average Bonchev–Trinajstić information content (AvgIpc) is 2.73. The van der Waals surface area contributed by atoms with Crippen molar-refractivity contribution in [3.63, 3.8) is 0 Å². The molecule has 0 aromatic carbocycles. The Kier molecular flexibility index (Phi) is 2.36. The van der Waals surface area contributed by atoms with Crippen LogP contribution in [0.1, 0.15) is 27.2 Å². The van der Waals surface area contributed by atoms with Crippen LogP contribution in [0.2, 0.25) is 0 Å². The zero-order valence-corrected chi connectivity index (χ0v) is 9.77. The lowest BCUT2D eigenvalue weighted by atomic mass is 10.2. The number of ether oxygens (including phenoxy) is 1. The number of aliphatic carboxylic acids is 1. The van der Waals surface area contributed by atoms with Gasteiger partial charge in [0.05, 0.1) is 0 Å². The fraction of sp³-hybridized carbons (Fsp3) is 0.818. The van der Waals surface area contributed by atoms with E-state index in [4.69, 9.17) is 9.84 Å². The number of nitrogens with zero attached hydrogens (tertiary/aromatic N) is 1. The van der Waals surface area contributed by atoms with Gasteiger partial charge < -0.3 is 9.84 Å². The molecule has 1 N–H and O–H groups in total. The van der Waals surface area contributed by atoms with Crippen LogP contribution in [-0.4, -0.2) is 40.3 Å². The van der Waals surface area contributed by atoms with Gasteiger partial charge in [0.1, 0.15) is 11.6 Å². The van der Waals surface area contributed by atoms with Crippen LogP contribution in [0.4, 0.5) is 4.79 Å². The smallest absolute Gasteiger partial charge is 0.411 e. The number of carbonyl (C=O) groups is 2. The summed E-state index contributed by atoms with van der Waals surface area (Å²) in [6.45, 7) is 5.85. The SMILES string of the molecule is CC(C)(C)OC(=O)N1C[C@H]2C[C@H]2C1C(=O)O. The summed E-state index contributed by atoms with van der Waals surface area (Å²) in [4.78, 5) is 24.2. The lowest BCUT2D eigenvalue weighted by Gasteiger charge is -2.28. The van der Waals surface area contributed by atoms with Crippen LogP contribution in [-0.2, 0) is 9.53 Å². The van der Waals surface area contributed by atoms with E-state index in [9.17, 15) is 9.59 Å². The van der Waals surface area contributed by atoms with Gasteiger partial charge in [-0.1, -0.05) is 0 Å². The number of hydrogen-bond donors (Lipinski definition) is 1. The second kappa shape index (κ2) is 3.37. The van der Waals surface area contributed by atoms with E-state index in [1.807, 2.05) is 0 Å². The second-order valence-electron chi connectivity index (χ2n) is 5.58. The van der Waals surface area contributed by atoms with E-state index >= 15 is 0 Å². The molecular formula is C11H17NO4. The summed E-state index contributed by atoms with van der Waals surface area (Å²) in [5.41, 5.74) is -0.576. The molecule has 0 aromatic heterocycles. The summed E-state index contributed by atoms with van der Waals surface area (Å²) in [6.07, 6.45) is 0.420. The van der Waals surface area contributed by atoms with E-state index in [-0.39, 0.29) is 5.92 Å². The van der Waals surface area contributed by atoms with Gasteiger partial charge in [0.15, 0.2) is 0 Å². The van der Waals surface area contributed by atoms with Crippen LogP contribution < -0.4 is 0 Å². The molecule has 2 fully saturated rings. The van der Waals surface area contributed by atoms with E-state index in [0.717, 1.165) is 6.42 Å². The third-order valence-corrected chi connectivity index (χ3v) is 3.03. The summed E-state index contributed by atoms with van der Waals surface area (Å²) < 4.78 is 5.19. The molecule has 5 heteroatoms. The Balaban J connectivity index is 2.04. The zero-order valence-electron chi connectivity index (χ0n) is 9.77. The molecule has 1 aliphatic heterocycles. The van der Waals surface area contributed by atoms with Gasteiger partial charge in [0, 0.05) is 6.54 Å². The molecule has 3 atom stereocenters. The molecular weight excluding hydrogens is 210 g/mol. The maximum Gasteiger partial charge on any atom is 0.411 e. The average molecular weight is 227 g/mol. The molecule has 1 aliphatic carbocycles. The summed E-state index contributed by atoms with van der Waals surface area (Å²) in [5, 5.41) is 9.08. The molecule has 1 unspecified atom stereocenters. The fourth-order valence-corrected chi connectivity index (χ4v) is 2.29. The number of amides is 1. The molecule has 1 saturated carbocycles. The van der Waals surface area contributed by atoms with E-state index < -0.39 is 23.7 Å². The Morgan fingerprint density at radius 3 is 2.50 bits per heavy atom. The molecule has 16 heavy (non-hydrogen) atoms. The van der Waals surface area contributed by atoms with E-state index in [0.29, 0.717) is 12.5 Å². The van der Waals surface area contributed by atoms with Gasteiger partial charge in [-0.3, -0.25) is 4.90 Å². The first-order valence-corrected chi connectivity index (χ1v) is 5.52. The van der Waals surface area contributed by atoms with E-state index in [1.54, 1.807) is 20.8 Å². The van der Waals surface area contributed by atoms with Crippen LogP contribution in [0.3, 0.4) is 0 Å². The van der Waals surface area contributed by atoms with Gasteiger partial charge in [0.2, 0.25) is 0 Å². The number of carboxylic acids is 1. The zero-order chi connectivity index (χ0) is 12.1. The normalized spacial score (nSPS) is 32.2. The summed E-state index contributed by atoms with van der Waals surface area (Å²) in [7, 11) is 0. The highest BCUT2D eigenvalue weighted by Crippen LogP contribution is 2.49. The minimum atomic E-state index is -0.921. The summed E-state index contributed by atoms with van der Waals surface area (Å²) in [5.74, 6) is -0.408. The van der Waals surface area contributed by atoms with Crippen LogP contribution in [0.25, 0.3) is 0 Å². The van der Waals surface area contributed by atoms with Crippen molar-refractivity contribution in [2.45, 2.75) is 38.8 Å². The minimum absolute atomic E-state index is 0.144. The Morgan fingerprint density at radius 1 is 1.38 bits per heavy atom. The molecule has 0 spiro atoms. The lowest BCUT2D eigenvalue weighted by Crippen LogP contribution is -2.45. The maximum absolute atomic E-state index is 11.8. The third-order valence-electron chi connectivity index (χ3n) is 3.03. The highest BCUT2D eigenvalue weighted by Gasteiger charge is 2.57. The van der Waals surface area contributed by atoms with Gasteiger partial charge >= 0.3 is 12.1 Å². The predicted molar refractivity (Wildman–Crippen MR) is 56.0 cm³/mol. The van der Waals surface area contributed by atoms with Gasteiger partial charge in [-0.15, -0.1) is 0 Å². The summed E-state index contributed by atoms with van der Waals surface area (Å²) >= 11 is 0. The van der Waals surface area contributed by atoms with Crippen LogP contribution in [0, 0.1) is 11.8 Å². The largest absolute Gasteiger partial charge is 0.480 e. The van der Waals surface area contributed by atoms with Crippen molar-refractivity contribution in [3.8, 4) is 0 Å². The van der Waals surface area contributed by atoms with Crippen molar-refractivity contribution in [1.82, 2.24) is 4.90 Å². The molecule has 0 radical (unpaired) electrons. The van der Waals surface area contributed by atoms with Crippen molar-refractivity contribution < 1.29 is 19.4 Å². The van der Waals surface area contributed by atoms with Gasteiger partial charge in [-0.25, -0.2) is 9.59 Å². The molecule has 1 amide bonds. The third kappa shape index (κ3) is 1.99. The quantitative estimate of drug-likeness (QED) is 0.733. The topological polar surface area (TPSA) is 66.8 Å². The first-order chi connectivity index (χ1) is 7.29. The second-order valence-corrected chi connectivity index (χ2v) is 5.58. The fourth-order valence-electron chi connectivity index (χ4n) is 2.29. The van der Waals surface area contributed by atoms with Crippen molar-refractivity contribution in [2.24, 2.45) is 11.8 Å². The number of carboxylic acid groups (broad SMARTS) is 1. The van der Waals surface area contributed by atoms with Crippen LogP contribution in [0.15, 0.2) is 0 Å². The summed E-state index contributed by atoms with van der Waals surface area (Å²) in [6, 6.07) is -0.681. The highest BCUT2D eigenvalue weighted by molar-refractivity contribution is 5.82. The monoisotopic (exact) mass is 227 g/mol. The molecule has 5 nitrogen and oxygen atoms in total. The van der Waals surface area contributed by atoms with Crippen molar-refractivity contribution in [3.05, 3.63) is 0 Å². The number of rotatable bonds is 1. The molecule has 2 aliphatic rings. The first kappa shape index (κ1) is 11.2. The lowest BCUT2D eigenvalue weighted by molar-refractivity contribution is -0.142. The van der Waals surface area contributed by atoms with Crippen molar-refractivity contribution in [1.29, 1.82) is 0 Å². The van der Waals surface area contributed by atoms with Crippen molar-refractivity contribution >= 4 is 12.1 Å². The Bertz CT molecular complexity index is 333. The number of carbonyl (C=O) groups excluding carboxylic acids is 1. The predicted octanol–water partition coefficient (Wildman–Crippen LogP) is 1.33. The van der Waals surface area contributed by atoms with Crippen LogP contribution >= 0.6 is 0 Å². The molecule has 0 bridgehead atoms. The van der Waals surface area contributed by atoms with Gasteiger partial charge in [0.25, 0.3) is 0 Å². The van der Waals surface area contributed by atoms with Gasteiger partial charge in [-0.05, 0) is 39.0 Å². The molecule has 1 saturated heterocycles.